The van der Waals surface area contributed by atoms with Crippen molar-refractivity contribution in [2.45, 2.75) is 31.4 Å². The van der Waals surface area contributed by atoms with Gasteiger partial charge < -0.3 is 29.2 Å². The van der Waals surface area contributed by atoms with Crippen molar-refractivity contribution in [3.8, 4) is 5.75 Å². The zero-order valence-electron chi connectivity index (χ0n) is 21.4. The summed E-state index contributed by atoms with van der Waals surface area (Å²) in [5, 5.41) is 18.7. The molecule has 0 bridgehead atoms. The first kappa shape index (κ1) is 26.1. The van der Waals surface area contributed by atoms with Crippen LogP contribution in [0.15, 0.2) is 41.3 Å². The van der Waals surface area contributed by atoms with Gasteiger partial charge in [-0.05, 0) is 43.5 Å². The lowest BCUT2D eigenvalue weighted by molar-refractivity contribution is 0.0694. The van der Waals surface area contributed by atoms with Crippen LogP contribution in [0.3, 0.4) is 0 Å². The lowest BCUT2D eigenvalue weighted by atomic mass is 10.1. The number of anilines is 2. The van der Waals surface area contributed by atoms with Crippen LogP contribution >= 0.6 is 0 Å². The maximum Gasteiger partial charge on any atom is 0.414 e. The highest BCUT2D eigenvalue weighted by Crippen LogP contribution is 2.39. The SMILES string of the molecule is O=C(O)c1cn(C2CC2)c2cc(N3CCC(COc4ccc(N5CC(CO)OC5=O)cc4F)C3)c(F)cc2c1=O. The monoisotopic (exact) mass is 555 g/mol. The van der Waals surface area contributed by atoms with Gasteiger partial charge >= 0.3 is 12.1 Å². The molecular formula is C28H27F2N3O7. The van der Waals surface area contributed by atoms with E-state index in [9.17, 15) is 29.0 Å². The number of cyclic esters (lactones) is 1. The third-order valence-corrected chi connectivity index (χ3v) is 7.68. The molecular weight excluding hydrogens is 528 g/mol. The quantitative estimate of drug-likeness (QED) is 0.433. The molecule has 1 saturated carbocycles. The fourth-order valence-corrected chi connectivity index (χ4v) is 5.41. The van der Waals surface area contributed by atoms with Crippen molar-refractivity contribution < 1.29 is 38.1 Å². The number of rotatable bonds is 8. The molecule has 1 amide bonds. The summed E-state index contributed by atoms with van der Waals surface area (Å²) in [6.45, 7) is 0.969. The number of hydrogen-bond donors (Lipinski definition) is 2. The minimum Gasteiger partial charge on any atom is -0.490 e. The molecule has 12 heteroatoms. The van der Waals surface area contributed by atoms with E-state index in [0.29, 0.717) is 36.4 Å². The van der Waals surface area contributed by atoms with Gasteiger partial charge in [0.05, 0.1) is 36.6 Å². The third kappa shape index (κ3) is 4.72. The minimum absolute atomic E-state index is 0.0203. The Balaban J connectivity index is 1.16. The van der Waals surface area contributed by atoms with Gasteiger partial charge in [-0.15, -0.1) is 0 Å². The normalized spacial score (nSPS) is 20.8. The van der Waals surface area contributed by atoms with Gasteiger partial charge in [0.2, 0.25) is 5.43 Å². The predicted octanol–water partition coefficient (Wildman–Crippen LogP) is 3.54. The number of carboxylic acid groups (broad SMARTS) is 1. The number of carbonyl (C=O) groups excluding carboxylic acids is 1. The summed E-state index contributed by atoms with van der Waals surface area (Å²) in [7, 11) is 0. The molecule has 2 saturated heterocycles. The number of pyridine rings is 1. The van der Waals surface area contributed by atoms with E-state index in [4.69, 9.17) is 9.47 Å². The number of nitrogens with zero attached hydrogens (tertiary/aromatic N) is 3. The van der Waals surface area contributed by atoms with Crippen LogP contribution in [0.1, 0.15) is 35.7 Å². The molecule has 2 aromatic carbocycles. The number of fused-ring (bicyclic) bond motifs is 1. The predicted molar refractivity (Wildman–Crippen MR) is 140 cm³/mol. The number of halogens is 2. The minimum atomic E-state index is -1.34. The maximum absolute atomic E-state index is 15.2. The molecule has 3 aliphatic rings. The Hall–Kier alpha value is -4.19. The van der Waals surface area contributed by atoms with Crippen LogP contribution in [0.2, 0.25) is 0 Å². The molecule has 3 heterocycles. The Labute approximate surface area is 226 Å². The van der Waals surface area contributed by atoms with Crippen molar-refractivity contribution in [3.63, 3.8) is 0 Å². The number of hydrogen-bond acceptors (Lipinski definition) is 7. The summed E-state index contributed by atoms with van der Waals surface area (Å²) in [5.74, 6) is -2.59. The molecule has 3 fully saturated rings. The van der Waals surface area contributed by atoms with Crippen molar-refractivity contribution >= 4 is 34.3 Å². The average molecular weight is 556 g/mol. The van der Waals surface area contributed by atoms with Gasteiger partial charge in [-0.1, -0.05) is 0 Å². The summed E-state index contributed by atoms with van der Waals surface area (Å²) in [6.07, 6.45) is 2.42. The second-order valence-corrected chi connectivity index (χ2v) is 10.5. The number of aliphatic hydroxyl groups excluding tert-OH is 1. The molecule has 210 valence electrons. The van der Waals surface area contributed by atoms with Crippen LogP contribution in [-0.4, -0.2) is 65.8 Å². The largest absolute Gasteiger partial charge is 0.490 e. The number of carbonyl (C=O) groups is 2. The lowest BCUT2D eigenvalue weighted by Crippen LogP contribution is -2.25. The highest BCUT2D eigenvalue weighted by atomic mass is 19.1. The van der Waals surface area contributed by atoms with Gasteiger partial charge in [0, 0.05) is 42.7 Å². The van der Waals surface area contributed by atoms with Crippen LogP contribution in [-0.2, 0) is 4.74 Å². The van der Waals surface area contributed by atoms with E-state index in [1.807, 2.05) is 4.90 Å². The smallest absolute Gasteiger partial charge is 0.414 e. The summed E-state index contributed by atoms with van der Waals surface area (Å²) in [5.41, 5.74) is 0.0363. The van der Waals surface area contributed by atoms with E-state index in [1.165, 1.54) is 23.2 Å². The third-order valence-electron chi connectivity index (χ3n) is 7.68. The van der Waals surface area contributed by atoms with Gasteiger partial charge in [0.25, 0.3) is 0 Å². The second kappa shape index (κ2) is 10.1. The first-order valence-electron chi connectivity index (χ1n) is 13.1. The summed E-state index contributed by atoms with van der Waals surface area (Å²) in [6, 6.07) is 6.97. The fourth-order valence-electron chi connectivity index (χ4n) is 5.41. The zero-order chi connectivity index (χ0) is 28.1. The first-order valence-corrected chi connectivity index (χ1v) is 13.1. The van der Waals surface area contributed by atoms with Crippen molar-refractivity contribution in [1.82, 2.24) is 4.57 Å². The molecule has 6 rings (SSSR count). The number of benzene rings is 2. The van der Waals surface area contributed by atoms with Gasteiger partial charge in [-0.2, -0.15) is 0 Å². The Morgan fingerprint density at radius 2 is 1.88 bits per heavy atom. The molecule has 2 N–H and O–H groups in total. The van der Waals surface area contributed by atoms with E-state index < -0.39 is 35.2 Å². The number of aromatic carboxylic acids is 1. The summed E-state index contributed by atoms with van der Waals surface area (Å²) in [4.78, 5) is 39.4. The van der Waals surface area contributed by atoms with E-state index in [-0.39, 0.29) is 48.4 Å². The van der Waals surface area contributed by atoms with Crippen LogP contribution in [0, 0.1) is 17.6 Å². The highest BCUT2D eigenvalue weighted by Gasteiger charge is 2.33. The Kier molecular flexibility index (Phi) is 6.57. The molecule has 40 heavy (non-hydrogen) atoms. The van der Waals surface area contributed by atoms with E-state index >= 15 is 4.39 Å². The Morgan fingerprint density at radius 3 is 2.55 bits per heavy atom. The molecule has 3 aromatic rings. The molecule has 1 aliphatic carbocycles. The molecule has 2 atom stereocenters. The van der Waals surface area contributed by atoms with E-state index in [2.05, 4.69) is 0 Å². The van der Waals surface area contributed by atoms with Crippen molar-refractivity contribution in [1.29, 1.82) is 0 Å². The van der Waals surface area contributed by atoms with Crippen LogP contribution in [0.25, 0.3) is 10.9 Å². The Morgan fingerprint density at radius 1 is 1.07 bits per heavy atom. The highest BCUT2D eigenvalue weighted by molar-refractivity contribution is 5.93. The molecule has 0 radical (unpaired) electrons. The maximum atomic E-state index is 15.2. The Bertz CT molecular complexity index is 1570. The number of aliphatic hydroxyl groups is 1. The molecule has 2 unspecified atom stereocenters. The summed E-state index contributed by atoms with van der Waals surface area (Å²) < 4.78 is 42.5. The fraction of sp³-hybridized carbons (Fsp3) is 0.393. The average Bonchev–Trinajstić information content (AvgIpc) is 3.54. The van der Waals surface area contributed by atoms with Crippen LogP contribution in [0.4, 0.5) is 25.0 Å². The zero-order valence-corrected chi connectivity index (χ0v) is 21.4. The van der Waals surface area contributed by atoms with E-state index in [1.54, 1.807) is 16.7 Å². The van der Waals surface area contributed by atoms with E-state index in [0.717, 1.165) is 18.9 Å². The molecule has 2 aliphatic heterocycles. The van der Waals surface area contributed by atoms with Crippen LogP contribution in [0.5, 0.6) is 5.75 Å². The first-order chi connectivity index (χ1) is 19.2. The summed E-state index contributed by atoms with van der Waals surface area (Å²) >= 11 is 0. The van der Waals surface area contributed by atoms with Gasteiger partial charge in [0.1, 0.15) is 17.5 Å². The number of aromatic nitrogens is 1. The number of ether oxygens (including phenoxy) is 2. The lowest BCUT2D eigenvalue weighted by Gasteiger charge is -2.21. The number of carboxylic acids is 1. The topological polar surface area (TPSA) is 122 Å². The standard InChI is InChI=1S/C28H27F2N3O7/c29-21-8-19-23(32(16-1-2-16)12-20(26(19)35)27(36)37)9-24(21)31-6-5-15(10-31)14-39-25-4-3-17(7-22(25)30)33-11-18(13-34)40-28(33)38/h3-4,7-9,12,15-16,18,34H,1-2,5-6,10-11,13-14H2,(H,36,37). The van der Waals surface area contributed by atoms with Gasteiger partial charge in [-0.3, -0.25) is 9.69 Å². The molecule has 0 spiro atoms. The van der Waals surface area contributed by atoms with Gasteiger partial charge in [0.15, 0.2) is 11.6 Å². The number of amides is 1. The van der Waals surface area contributed by atoms with Crippen molar-refractivity contribution in [2.75, 3.05) is 42.6 Å². The van der Waals surface area contributed by atoms with Gasteiger partial charge in [-0.25, -0.2) is 18.4 Å². The molecule has 1 aromatic heterocycles. The van der Waals surface area contributed by atoms with Crippen molar-refractivity contribution in [3.05, 3.63) is 63.9 Å². The van der Waals surface area contributed by atoms with Crippen LogP contribution < -0.4 is 20.0 Å². The van der Waals surface area contributed by atoms with Crippen molar-refractivity contribution in [2.24, 2.45) is 5.92 Å². The molecule has 10 nitrogen and oxygen atoms in total. The second-order valence-electron chi connectivity index (χ2n) is 10.5.